The SMILES string of the molecule is COC(=O)c1ccc([C@H]2c3c(c4ccccc4n3C)C[C@H](C(=O)OC)N2C(=O)CCl)cc1. The number of amides is 1. The highest BCUT2D eigenvalue weighted by molar-refractivity contribution is 6.27. The molecule has 1 amide bonds. The Balaban J connectivity index is 1.98. The minimum atomic E-state index is -0.824. The van der Waals surface area contributed by atoms with E-state index in [-0.39, 0.29) is 11.8 Å². The first-order valence-electron chi connectivity index (χ1n) is 10.1. The van der Waals surface area contributed by atoms with Gasteiger partial charge in [0, 0.05) is 30.1 Å². The van der Waals surface area contributed by atoms with Crippen molar-refractivity contribution in [3.8, 4) is 0 Å². The summed E-state index contributed by atoms with van der Waals surface area (Å²) < 4.78 is 11.9. The van der Waals surface area contributed by atoms with Gasteiger partial charge < -0.3 is 18.9 Å². The molecular weight excluding hydrogens is 432 g/mol. The van der Waals surface area contributed by atoms with E-state index in [1.807, 2.05) is 35.9 Å². The predicted octanol–water partition coefficient (Wildman–Crippen LogP) is 3.22. The molecule has 1 aromatic heterocycles. The zero-order valence-electron chi connectivity index (χ0n) is 18.0. The third-order valence-corrected chi connectivity index (χ3v) is 6.28. The molecule has 0 saturated heterocycles. The van der Waals surface area contributed by atoms with Crippen LogP contribution in [-0.4, -0.2) is 53.5 Å². The Kier molecular flexibility index (Phi) is 5.93. The van der Waals surface area contributed by atoms with Crippen LogP contribution in [0.15, 0.2) is 48.5 Å². The average molecular weight is 455 g/mol. The number of ether oxygens (including phenoxy) is 2. The number of aromatic nitrogens is 1. The van der Waals surface area contributed by atoms with Gasteiger partial charge in [0.15, 0.2) is 0 Å². The number of para-hydroxylation sites is 1. The molecule has 0 radical (unpaired) electrons. The molecule has 8 heteroatoms. The number of carbonyl (C=O) groups is 3. The van der Waals surface area contributed by atoms with Gasteiger partial charge >= 0.3 is 11.9 Å². The summed E-state index contributed by atoms with van der Waals surface area (Å²) in [6, 6.07) is 13.3. The number of alkyl halides is 1. The van der Waals surface area contributed by atoms with Crippen LogP contribution in [0, 0.1) is 0 Å². The van der Waals surface area contributed by atoms with Crippen molar-refractivity contribution < 1.29 is 23.9 Å². The number of benzene rings is 2. The van der Waals surface area contributed by atoms with E-state index in [0.29, 0.717) is 12.0 Å². The van der Waals surface area contributed by atoms with E-state index in [2.05, 4.69) is 0 Å². The number of rotatable bonds is 4. The fourth-order valence-corrected chi connectivity index (χ4v) is 4.75. The number of hydrogen-bond donors (Lipinski definition) is 0. The van der Waals surface area contributed by atoms with E-state index in [9.17, 15) is 14.4 Å². The second-order valence-corrected chi connectivity index (χ2v) is 7.90. The van der Waals surface area contributed by atoms with Crippen molar-refractivity contribution in [2.45, 2.75) is 18.5 Å². The zero-order chi connectivity index (χ0) is 23.0. The Morgan fingerprint density at radius 2 is 1.72 bits per heavy atom. The van der Waals surface area contributed by atoms with Crippen molar-refractivity contribution in [1.82, 2.24) is 9.47 Å². The highest BCUT2D eigenvalue weighted by Crippen LogP contribution is 2.42. The van der Waals surface area contributed by atoms with E-state index in [4.69, 9.17) is 21.1 Å². The number of methoxy groups -OCH3 is 2. The highest BCUT2D eigenvalue weighted by Gasteiger charge is 2.44. The average Bonchev–Trinajstić information content (AvgIpc) is 3.13. The normalized spacial score (nSPS) is 17.7. The Labute approximate surface area is 190 Å². The van der Waals surface area contributed by atoms with Gasteiger partial charge in [-0.15, -0.1) is 11.6 Å². The van der Waals surface area contributed by atoms with Crippen molar-refractivity contribution in [2.75, 3.05) is 20.1 Å². The first-order valence-corrected chi connectivity index (χ1v) is 10.7. The third kappa shape index (κ3) is 3.42. The lowest BCUT2D eigenvalue weighted by Crippen LogP contribution is -2.52. The van der Waals surface area contributed by atoms with E-state index in [0.717, 1.165) is 27.7 Å². The van der Waals surface area contributed by atoms with Crippen molar-refractivity contribution in [2.24, 2.45) is 7.05 Å². The summed E-state index contributed by atoms with van der Waals surface area (Å²) in [4.78, 5) is 39.2. The molecule has 32 heavy (non-hydrogen) atoms. The summed E-state index contributed by atoms with van der Waals surface area (Å²) in [6.07, 6.45) is 0.322. The molecule has 1 aliphatic rings. The molecule has 0 bridgehead atoms. The molecule has 0 unspecified atom stereocenters. The molecule has 0 aliphatic carbocycles. The number of carbonyl (C=O) groups excluding carboxylic acids is 3. The Morgan fingerprint density at radius 1 is 1.03 bits per heavy atom. The zero-order valence-corrected chi connectivity index (χ0v) is 18.8. The topological polar surface area (TPSA) is 77.8 Å². The van der Waals surface area contributed by atoms with Gasteiger partial charge in [-0.25, -0.2) is 9.59 Å². The van der Waals surface area contributed by atoms with Gasteiger partial charge in [0.05, 0.1) is 25.8 Å². The summed E-state index contributed by atoms with van der Waals surface area (Å²) in [5, 5.41) is 1.02. The van der Waals surface area contributed by atoms with Crippen LogP contribution in [0.3, 0.4) is 0 Å². The van der Waals surface area contributed by atoms with E-state index >= 15 is 0 Å². The quantitative estimate of drug-likeness (QED) is 0.447. The second kappa shape index (κ2) is 8.67. The summed E-state index contributed by atoms with van der Waals surface area (Å²) in [7, 11) is 4.57. The third-order valence-electron chi connectivity index (χ3n) is 6.05. The first-order chi connectivity index (χ1) is 15.4. The minimum Gasteiger partial charge on any atom is -0.467 e. The monoisotopic (exact) mass is 454 g/mol. The number of nitrogens with zero attached hydrogens (tertiary/aromatic N) is 2. The Hall–Kier alpha value is -3.32. The molecule has 2 atom stereocenters. The molecule has 1 aliphatic heterocycles. The lowest BCUT2D eigenvalue weighted by Gasteiger charge is -2.41. The van der Waals surface area contributed by atoms with Gasteiger partial charge in [-0.1, -0.05) is 30.3 Å². The molecular formula is C24H23ClN2O5. The van der Waals surface area contributed by atoms with Crippen molar-refractivity contribution in [3.63, 3.8) is 0 Å². The molecule has 2 aromatic carbocycles. The Bertz CT molecular complexity index is 1200. The maximum atomic E-state index is 13.0. The van der Waals surface area contributed by atoms with E-state index in [1.54, 1.807) is 24.3 Å². The standard InChI is InChI=1S/C24H23ClN2O5/c1-26-18-7-5-4-6-16(18)17-12-19(24(30)32-3)27(20(28)13-25)21(22(17)26)14-8-10-15(11-9-14)23(29)31-2/h4-11,19,21H,12-13H2,1-3H3/t19-,21+/m1/s1. The molecule has 4 rings (SSSR count). The summed E-state index contributed by atoms with van der Waals surface area (Å²) in [6.45, 7) is 0. The van der Waals surface area contributed by atoms with Crippen LogP contribution >= 0.6 is 11.6 Å². The van der Waals surface area contributed by atoms with Gasteiger partial charge in [-0.2, -0.15) is 0 Å². The predicted molar refractivity (Wildman–Crippen MR) is 120 cm³/mol. The summed E-state index contributed by atoms with van der Waals surface area (Å²) in [5.41, 5.74) is 4.02. The summed E-state index contributed by atoms with van der Waals surface area (Å²) >= 11 is 5.97. The van der Waals surface area contributed by atoms with Gasteiger partial charge in [-0.05, 0) is 29.3 Å². The maximum absolute atomic E-state index is 13.0. The van der Waals surface area contributed by atoms with Crippen LogP contribution in [0.25, 0.3) is 10.9 Å². The van der Waals surface area contributed by atoms with Crippen molar-refractivity contribution in [1.29, 1.82) is 0 Å². The number of aryl methyl sites for hydroxylation is 1. The second-order valence-electron chi connectivity index (χ2n) is 7.63. The van der Waals surface area contributed by atoms with Gasteiger partial charge in [0.1, 0.15) is 11.9 Å². The number of hydrogen-bond acceptors (Lipinski definition) is 5. The molecule has 3 aromatic rings. The van der Waals surface area contributed by atoms with Gasteiger partial charge in [-0.3, -0.25) is 4.79 Å². The summed E-state index contributed by atoms with van der Waals surface area (Å²) in [5.74, 6) is -1.60. The van der Waals surface area contributed by atoms with Crippen molar-refractivity contribution >= 4 is 40.3 Å². The molecule has 0 fully saturated rings. The molecule has 2 heterocycles. The molecule has 166 valence electrons. The fraction of sp³-hybridized carbons (Fsp3) is 0.292. The molecule has 0 saturated carbocycles. The van der Waals surface area contributed by atoms with Crippen LogP contribution in [0.4, 0.5) is 0 Å². The fourth-order valence-electron chi connectivity index (χ4n) is 4.62. The smallest absolute Gasteiger partial charge is 0.337 e. The Morgan fingerprint density at radius 3 is 2.34 bits per heavy atom. The highest BCUT2D eigenvalue weighted by atomic mass is 35.5. The maximum Gasteiger partial charge on any atom is 0.337 e. The number of fused-ring (bicyclic) bond motifs is 3. The lowest BCUT2D eigenvalue weighted by molar-refractivity contribution is -0.154. The number of esters is 2. The van der Waals surface area contributed by atoms with Crippen LogP contribution < -0.4 is 0 Å². The lowest BCUT2D eigenvalue weighted by atomic mass is 9.87. The van der Waals surface area contributed by atoms with E-state index < -0.39 is 24.0 Å². The van der Waals surface area contributed by atoms with Crippen LogP contribution in [0.5, 0.6) is 0 Å². The first kappa shape index (κ1) is 21.9. The van der Waals surface area contributed by atoms with Gasteiger partial charge in [0.25, 0.3) is 0 Å². The van der Waals surface area contributed by atoms with Crippen molar-refractivity contribution in [3.05, 3.63) is 70.9 Å². The largest absolute Gasteiger partial charge is 0.467 e. The minimum absolute atomic E-state index is 0.274. The van der Waals surface area contributed by atoms with Crippen LogP contribution in [-0.2, 0) is 32.5 Å². The van der Waals surface area contributed by atoms with Crippen LogP contribution in [0.1, 0.15) is 33.2 Å². The molecule has 0 N–H and O–H groups in total. The molecule has 7 nitrogen and oxygen atoms in total. The number of halogens is 1. The van der Waals surface area contributed by atoms with Crippen LogP contribution in [0.2, 0.25) is 0 Å². The van der Waals surface area contributed by atoms with Gasteiger partial charge in [0.2, 0.25) is 5.91 Å². The molecule has 0 spiro atoms. The van der Waals surface area contributed by atoms with E-state index in [1.165, 1.54) is 19.1 Å².